The summed E-state index contributed by atoms with van der Waals surface area (Å²) in [7, 11) is 0.777. The molecule has 0 aliphatic carbocycles. The van der Waals surface area contributed by atoms with Crippen LogP contribution in [0.2, 0.25) is 0 Å². The molecule has 0 N–H and O–H groups in total. The van der Waals surface area contributed by atoms with Crippen LogP contribution in [0, 0.1) is 0 Å². The molecule has 0 bridgehead atoms. The molecule has 0 aliphatic rings. The molecular weight excluding hydrogens is 250 g/mol. The second-order valence-electron chi connectivity index (χ2n) is 2.86. The van der Waals surface area contributed by atoms with Gasteiger partial charge in [0.1, 0.15) is 0 Å². The minimum absolute atomic E-state index is 0. The maximum absolute atomic E-state index is 2.17. The predicted molar refractivity (Wildman–Crippen MR) is 70.4 cm³/mol. The van der Waals surface area contributed by atoms with Crippen LogP contribution in [0.3, 0.4) is 0 Å². The SMILES string of the molecule is [AsH3].c1ccc(Pc2ccccc2)cc1. The van der Waals surface area contributed by atoms with Crippen molar-refractivity contribution in [3.05, 3.63) is 60.7 Å². The van der Waals surface area contributed by atoms with Crippen molar-refractivity contribution >= 4 is 37.1 Å². The van der Waals surface area contributed by atoms with Gasteiger partial charge in [0, 0.05) is 0 Å². The minimum Gasteiger partial charge on any atom is -0.0622 e. The average molecular weight is 264 g/mol. The predicted octanol–water partition coefficient (Wildman–Crippen LogP) is 1.13. The van der Waals surface area contributed by atoms with Gasteiger partial charge in [0.15, 0.2) is 0 Å². The van der Waals surface area contributed by atoms with E-state index in [9.17, 15) is 0 Å². The quantitative estimate of drug-likeness (QED) is 0.563. The molecule has 0 aromatic heterocycles. The van der Waals surface area contributed by atoms with Crippen molar-refractivity contribution in [1.29, 1.82) is 0 Å². The molecule has 0 heterocycles. The molecule has 2 rings (SSSR count). The summed E-state index contributed by atoms with van der Waals surface area (Å²) in [4.78, 5) is 0. The largest absolute Gasteiger partial charge is 0.0622 e. The van der Waals surface area contributed by atoms with Crippen LogP contribution in [0.25, 0.3) is 0 Å². The molecule has 0 aliphatic heterocycles. The van der Waals surface area contributed by atoms with Gasteiger partial charge in [-0.1, -0.05) is 69.2 Å². The zero-order valence-electron chi connectivity index (χ0n) is 7.98. The Morgan fingerprint density at radius 3 is 1.29 bits per heavy atom. The van der Waals surface area contributed by atoms with E-state index in [1.807, 2.05) is 0 Å². The average Bonchev–Trinajstić information content (AvgIpc) is 2.21. The van der Waals surface area contributed by atoms with E-state index in [-0.39, 0.29) is 18.0 Å². The minimum atomic E-state index is 0. The number of rotatable bonds is 2. The zero-order valence-corrected chi connectivity index (χ0v) is 11.9. The number of benzene rings is 2. The van der Waals surface area contributed by atoms with E-state index in [4.69, 9.17) is 0 Å². The molecule has 0 radical (unpaired) electrons. The number of hydrogen-bond acceptors (Lipinski definition) is 0. The Hall–Kier alpha value is -0.572. The molecule has 0 fully saturated rings. The molecule has 0 nitrogen and oxygen atoms in total. The first-order chi connectivity index (χ1) is 6.45. The van der Waals surface area contributed by atoms with Crippen molar-refractivity contribution in [2.75, 3.05) is 0 Å². The van der Waals surface area contributed by atoms with E-state index in [0.29, 0.717) is 0 Å². The summed E-state index contributed by atoms with van der Waals surface area (Å²) in [6.07, 6.45) is 0. The van der Waals surface area contributed by atoms with Crippen LogP contribution in [0.4, 0.5) is 0 Å². The third kappa shape index (κ3) is 3.29. The third-order valence-corrected chi connectivity index (χ3v) is 3.08. The Balaban J connectivity index is 0.000000980. The van der Waals surface area contributed by atoms with Crippen LogP contribution >= 0.6 is 8.58 Å². The standard InChI is InChI=1S/C12H11P.AsH3/c1-3-7-11(8-4-1)13-12-9-5-2-6-10-12;/h1-10,13H;1H3. The summed E-state index contributed by atoms with van der Waals surface area (Å²) >= 11 is 0. The van der Waals surface area contributed by atoms with Crippen LogP contribution < -0.4 is 10.6 Å². The monoisotopic (exact) mass is 264 g/mol. The molecule has 0 saturated carbocycles. The van der Waals surface area contributed by atoms with Gasteiger partial charge in [-0.25, -0.2) is 0 Å². The van der Waals surface area contributed by atoms with E-state index in [1.54, 1.807) is 0 Å². The van der Waals surface area contributed by atoms with Gasteiger partial charge in [-0.15, -0.1) is 0 Å². The topological polar surface area (TPSA) is 0 Å². The molecule has 0 spiro atoms. The maximum Gasteiger partial charge on any atom is -0.0226 e. The summed E-state index contributed by atoms with van der Waals surface area (Å²) in [5, 5.41) is 2.79. The summed E-state index contributed by atoms with van der Waals surface area (Å²) in [5.74, 6) is 0. The Morgan fingerprint density at radius 1 is 0.571 bits per heavy atom. The van der Waals surface area contributed by atoms with Gasteiger partial charge in [0.25, 0.3) is 0 Å². The van der Waals surface area contributed by atoms with E-state index >= 15 is 0 Å². The molecule has 2 aromatic carbocycles. The Bertz CT molecular complexity index is 321. The molecule has 2 aromatic rings. The molecular formula is C12H14AsP. The summed E-state index contributed by atoms with van der Waals surface area (Å²) in [6, 6.07) is 21.2. The fourth-order valence-corrected chi connectivity index (χ4v) is 2.26. The first-order valence-corrected chi connectivity index (χ1v) is 5.32. The van der Waals surface area contributed by atoms with Gasteiger partial charge in [0.05, 0.1) is 0 Å². The van der Waals surface area contributed by atoms with Crippen molar-refractivity contribution < 1.29 is 0 Å². The van der Waals surface area contributed by atoms with Gasteiger partial charge in [-0.2, -0.15) is 0 Å². The molecule has 0 amide bonds. The molecule has 72 valence electrons. The molecule has 0 saturated heterocycles. The fraction of sp³-hybridized carbons (Fsp3) is 0. The van der Waals surface area contributed by atoms with Gasteiger partial charge >= 0.3 is 18.0 Å². The molecule has 2 heteroatoms. The van der Waals surface area contributed by atoms with E-state index in [2.05, 4.69) is 60.7 Å². The van der Waals surface area contributed by atoms with Crippen LogP contribution in [0.15, 0.2) is 60.7 Å². The molecule has 1 unspecified atom stereocenters. The zero-order chi connectivity index (χ0) is 8.93. The van der Waals surface area contributed by atoms with Crippen molar-refractivity contribution in [3.63, 3.8) is 0 Å². The fourth-order valence-electron chi connectivity index (χ4n) is 1.21. The van der Waals surface area contributed by atoms with Gasteiger partial charge in [0.2, 0.25) is 0 Å². The summed E-state index contributed by atoms with van der Waals surface area (Å²) in [6.45, 7) is 0. The number of hydrogen-bond donors (Lipinski definition) is 0. The second kappa shape index (κ2) is 6.01. The molecule has 14 heavy (non-hydrogen) atoms. The normalized spacial score (nSPS) is 9.14. The van der Waals surface area contributed by atoms with E-state index in [1.165, 1.54) is 10.6 Å². The molecule has 1 atom stereocenters. The van der Waals surface area contributed by atoms with E-state index in [0.717, 1.165) is 8.58 Å². The van der Waals surface area contributed by atoms with Gasteiger partial charge < -0.3 is 0 Å². The van der Waals surface area contributed by atoms with Crippen LogP contribution in [0.1, 0.15) is 0 Å². The van der Waals surface area contributed by atoms with Crippen molar-refractivity contribution in [1.82, 2.24) is 0 Å². The van der Waals surface area contributed by atoms with Crippen LogP contribution in [0.5, 0.6) is 0 Å². The van der Waals surface area contributed by atoms with Gasteiger partial charge in [-0.3, -0.25) is 0 Å². The van der Waals surface area contributed by atoms with Crippen LogP contribution in [-0.4, -0.2) is 18.0 Å². The third-order valence-electron chi connectivity index (χ3n) is 1.84. The Labute approximate surface area is 97.8 Å². The Kier molecular flexibility index (Phi) is 4.94. The second-order valence-corrected chi connectivity index (χ2v) is 4.26. The summed E-state index contributed by atoms with van der Waals surface area (Å²) in [5.41, 5.74) is 0. The first kappa shape index (κ1) is 11.5. The smallest absolute Gasteiger partial charge is 0.0226 e. The van der Waals surface area contributed by atoms with Crippen molar-refractivity contribution in [2.24, 2.45) is 0 Å². The van der Waals surface area contributed by atoms with Crippen molar-refractivity contribution in [2.45, 2.75) is 0 Å². The Morgan fingerprint density at radius 2 is 0.929 bits per heavy atom. The van der Waals surface area contributed by atoms with Crippen LogP contribution in [-0.2, 0) is 0 Å². The van der Waals surface area contributed by atoms with E-state index < -0.39 is 0 Å². The first-order valence-electron chi connectivity index (χ1n) is 4.32. The van der Waals surface area contributed by atoms with Crippen molar-refractivity contribution in [3.8, 4) is 0 Å². The maximum atomic E-state index is 2.17. The van der Waals surface area contributed by atoms with Gasteiger partial charge in [-0.05, 0) is 10.6 Å². The summed E-state index contributed by atoms with van der Waals surface area (Å²) < 4.78 is 0.